The molecule has 0 bridgehead atoms. The highest BCUT2D eigenvalue weighted by Crippen LogP contribution is 2.21. The van der Waals surface area contributed by atoms with E-state index < -0.39 is 6.10 Å². The van der Waals surface area contributed by atoms with Gasteiger partial charge in [-0.2, -0.15) is 0 Å². The maximum absolute atomic E-state index is 11.8. The van der Waals surface area contributed by atoms with Crippen LogP contribution < -0.4 is 15.5 Å². The Kier molecular flexibility index (Phi) is 5.76. The number of nitrogens with zero attached hydrogens (tertiary/aromatic N) is 2. The van der Waals surface area contributed by atoms with Crippen molar-refractivity contribution in [3.8, 4) is 0 Å². The van der Waals surface area contributed by atoms with E-state index in [-0.39, 0.29) is 6.03 Å². The molecule has 6 heteroatoms. The number of urea groups is 1. The molecule has 1 aromatic heterocycles. The van der Waals surface area contributed by atoms with Crippen LogP contribution in [0.15, 0.2) is 30.3 Å². The van der Waals surface area contributed by atoms with Crippen LogP contribution in [0.1, 0.15) is 18.9 Å². The van der Waals surface area contributed by atoms with Crippen LogP contribution in [0.2, 0.25) is 0 Å². The molecule has 3 N–H and O–H groups in total. The van der Waals surface area contributed by atoms with Crippen LogP contribution in [0, 0.1) is 0 Å². The first kappa shape index (κ1) is 17.0. The van der Waals surface area contributed by atoms with Crippen molar-refractivity contribution in [2.24, 2.45) is 0 Å². The molecule has 0 saturated heterocycles. The van der Waals surface area contributed by atoms with Gasteiger partial charge in [0.05, 0.1) is 11.6 Å². The number of nitrogens with one attached hydrogen (secondary N) is 2. The maximum atomic E-state index is 11.8. The SMILES string of the molecule is CC(O)CCNC(=O)NCc1cc(N(C)C)nc2ccccc12. The number of fused-ring (bicyclic) bond motifs is 1. The van der Waals surface area contributed by atoms with Crippen LogP contribution >= 0.6 is 0 Å². The molecule has 1 aromatic carbocycles. The Morgan fingerprint density at radius 3 is 2.74 bits per heavy atom. The van der Waals surface area contributed by atoms with Gasteiger partial charge in [-0.25, -0.2) is 9.78 Å². The van der Waals surface area contributed by atoms with Crippen molar-refractivity contribution in [1.82, 2.24) is 15.6 Å². The zero-order valence-corrected chi connectivity index (χ0v) is 13.8. The first-order valence-corrected chi connectivity index (χ1v) is 7.73. The molecule has 0 spiro atoms. The fourth-order valence-electron chi connectivity index (χ4n) is 2.24. The number of para-hydroxylation sites is 1. The number of hydrogen-bond donors (Lipinski definition) is 3. The quantitative estimate of drug-likeness (QED) is 0.760. The van der Waals surface area contributed by atoms with Crippen molar-refractivity contribution >= 4 is 22.8 Å². The summed E-state index contributed by atoms with van der Waals surface area (Å²) in [6.07, 6.45) is 0.123. The molecule has 0 saturated carbocycles. The number of rotatable bonds is 6. The molecule has 0 aliphatic rings. The van der Waals surface area contributed by atoms with Crippen LogP contribution in [0.5, 0.6) is 0 Å². The number of hydrogen-bond acceptors (Lipinski definition) is 4. The summed E-state index contributed by atoms with van der Waals surface area (Å²) in [5.74, 6) is 0.856. The number of benzene rings is 1. The summed E-state index contributed by atoms with van der Waals surface area (Å²) >= 11 is 0. The lowest BCUT2D eigenvalue weighted by Gasteiger charge is -2.15. The minimum atomic E-state index is -0.415. The average molecular weight is 316 g/mol. The summed E-state index contributed by atoms with van der Waals surface area (Å²) < 4.78 is 0. The Hall–Kier alpha value is -2.34. The number of aliphatic hydroxyl groups is 1. The van der Waals surface area contributed by atoms with Gasteiger partial charge in [0.1, 0.15) is 5.82 Å². The maximum Gasteiger partial charge on any atom is 0.315 e. The van der Waals surface area contributed by atoms with Crippen molar-refractivity contribution in [3.63, 3.8) is 0 Å². The monoisotopic (exact) mass is 316 g/mol. The van der Waals surface area contributed by atoms with Crippen LogP contribution in [0.3, 0.4) is 0 Å². The van der Waals surface area contributed by atoms with Gasteiger partial charge in [-0.15, -0.1) is 0 Å². The van der Waals surface area contributed by atoms with E-state index in [0.29, 0.717) is 19.5 Å². The molecular formula is C17H24N4O2. The van der Waals surface area contributed by atoms with Gasteiger partial charge in [-0.05, 0) is 31.0 Å². The molecule has 23 heavy (non-hydrogen) atoms. The van der Waals surface area contributed by atoms with E-state index in [0.717, 1.165) is 22.3 Å². The lowest BCUT2D eigenvalue weighted by molar-refractivity contribution is 0.183. The number of amides is 2. The summed E-state index contributed by atoms with van der Waals surface area (Å²) in [5, 5.41) is 15.8. The molecule has 6 nitrogen and oxygen atoms in total. The molecule has 124 valence electrons. The van der Waals surface area contributed by atoms with E-state index in [1.54, 1.807) is 6.92 Å². The molecular weight excluding hydrogens is 292 g/mol. The second-order valence-corrected chi connectivity index (χ2v) is 5.80. The summed E-state index contributed by atoms with van der Waals surface area (Å²) in [7, 11) is 3.88. The highest BCUT2D eigenvalue weighted by atomic mass is 16.3. The number of aliphatic hydroxyl groups excluding tert-OH is 1. The third kappa shape index (κ3) is 4.82. The topological polar surface area (TPSA) is 77.5 Å². The lowest BCUT2D eigenvalue weighted by Crippen LogP contribution is -2.36. The van der Waals surface area contributed by atoms with Gasteiger partial charge in [0.25, 0.3) is 0 Å². The van der Waals surface area contributed by atoms with Crippen molar-refractivity contribution in [2.45, 2.75) is 26.0 Å². The Morgan fingerprint density at radius 2 is 2.04 bits per heavy atom. The second kappa shape index (κ2) is 7.78. The molecule has 2 rings (SSSR count). The average Bonchev–Trinajstić information content (AvgIpc) is 2.51. The van der Waals surface area contributed by atoms with Gasteiger partial charge >= 0.3 is 6.03 Å². The molecule has 0 fully saturated rings. The normalized spacial score (nSPS) is 12.0. The third-order valence-electron chi connectivity index (χ3n) is 3.53. The smallest absolute Gasteiger partial charge is 0.315 e. The summed E-state index contributed by atoms with van der Waals surface area (Å²) in [5.41, 5.74) is 1.93. The van der Waals surface area contributed by atoms with Crippen LogP contribution in [0.4, 0.5) is 10.6 Å². The van der Waals surface area contributed by atoms with E-state index in [1.165, 1.54) is 0 Å². The van der Waals surface area contributed by atoms with Crippen molar-refractivity contribution in [2.75, 3.05) is 25.5 Å². The molecule has 1 heterocycles. The number of aromatic nitrogens is 1. The minimum Gasteiger partial charge on any atom is -0.393 e. The fourth-order valence-corrected chi connectivity index (χ4v) is 2.24. The van der Waals surface area contributed by atoms with Gasteiger partial charge in [0, 0.05) is 32.6 Å². The molecule has 0 radical (unpaired) electrons. The lowest BCUT2D eigenvalue weighted by atomic mass is 10.1. The number of pyridine rings is 1. The van der Waals surface area contributed by atoms with Gasteiger partial charge in [0.2, 0.25) is 0 Å². The van der Waals surface area contributed by atoms with E-state index in [1.807, 2.05) is 49.3 Å². The predicted octanol–water partition coefficient (Wildman–Crippen LogP) is 1.87. The van der Waals surface area contributed by atoms with E-state index in [9.17, 15) is 9.90 Å². The fraction of sp³-hybridized carbons (Fsp3) is 0.412. The first-order chi connectivity index (χ1) is 11.0. The van der Waals surface area contributed by atoms with E-state index in [4.69, 9.17) is 0 Å². The highest BCUT2D eigenvalue weighted by Gasteiger charge is 2.08. The summed E-state index contributed by atoms with van der Waals surface area (Å²) in [6, 6.07) is 9.63. The van der Waals surface area contributed by atoms with Crippen molar-refractivity contribution < 1.29 is 9.90 Å². The Balaban J connectivity index is 2.08. The summed E-state index contributed by atoms with van der Waals surface area (Å²) in [4.78, 5) is 18.4. The standard InChI is InChI=1S/C17H24N4O2/c1-12(22)8-9-18-17(23)19-11-13-10-16(21(2)3)20-15-7-5-4-6-14(13)15/h4-7,10,12,22H,8-9,11H2,1-3H3,(H2,18,19,23). The molecule has 0 aliphatic heterocycles. The summed E-state index contributed by atoms with van der Waals surface area (Å²) in [6.45, 7) is 2.57. The van der Waals surface area contributed by atoms with Gasteiger partial charge < -0.3 is 20.6 Å². The molecule has 1 atom stereocenters. The Morgan fingerprint density at radius 1 is 1.30 bits per heavy atom. The third-order valence-corrected chi connectivity index (χ3v) is 3.53. The molecule has 0 aliphatic carbocycles. The number of carbonyl (C=O) groups excluding carboxylic acids is 1. The van der Waals surface area contributed by atoms with Gasteiger partial charge in [-0.3, -0.25) is 0 Å². The van der Waals surface area contributed by atoms with E-state index in [2.05, 4.69) is 15.6 Å². The van der Waals surface area contributed by atoms with E-state index >= 15 is 0 Å². The van der Waals surface area contributed by atoms with Crippen LogP contribution in [-0.2, 0) is 6.54 Å². The van der Waals surface area contributed by atoms with Gasteiger partial charge in [0.15, 0.2) is 0 Å². The van der Waals surface area contributed by atoms with Crippen LogP contribution in [-0.4, -0.2) is 42.9 Å². The molecule has 2 amide bonds. The molecule has 2 aromatic rings. The largest absolute Gasteiger partial charge is 0.393 e. The zero-order valence-electron chi connectivity index (χ0n) is 13.8. The van der Waals surface area contributed by atoms with Crippen molar-refractivity contribution in [3.05, 3.63) is 35.9 Å². The molecule has 1 unspecified atom stereocenters. The predicted molar refractivity (Wildman–Crippen MR) is 92.6 cm³/mol. The van der Waals surface area contributed by atoms with Crippen LogP contribution in [0.25, 0.3) is 10.9 Å². The second-order valence-electron chi connectivity index (χ2n) is 5.80. The van der Waals surface area contributed by atoms with Gasteiger partial charge in [-0.1, -0.05) is 18.2 Å². The Bertz CT molecular complexity index is 671. The zero-order chi connectivity index (χ0) is 16.8. The first-order valence-electron chi connectivity index (χ1n) is 7.73. The highest BCUT2D eigenvalue weighted by molar-refractivity contribution is 5.84. The number of carbonyl (C=O) groups is 1. The number of anilines is 1. The minimum absolute atomic E-state index is 0.238. The Labute approximate surface area is 136 Å². The van der Waals surface area contributed by atoms with Crippen molar-refractivity contribution in [1.29, 1.82) is 0 Å².